The third-order valence-electron chi connectivity index (χ3n) is 7.06. The molecule has 1 aliphatic heterocycles. The monoisotopic (exact) mass is 432 g/mol. The quantitative estimate of drug-likeness (QED) is 0.601. The maximum Gasteiger partial charge on any atom is 0.123 e. The summed E-state index contributed by atoms with van der Waals surface area (Å²) < 4.78 is 19.1. The van der Waals surface area contributed by atoms with E-state index < -0.39 is 5.60 Å². The molecule has 5 heteroatoms. The molecular weight excluding hydrogens is 403 g/mol. The minimum absolute atomic E-state index is 0.230. The molecule has 0 amide bonds. The van der Waals surface area contributed by atoms with Crippen LogP contribution in [0, 0.1) is 17.7 Å². The number of hydrogen-bond acceptors (Lipinski definition) is 4. The summed E-state index contributed by atoms with van der Waals surface area (Å²) in [7, 11) is 0. The first-order chi connectivity index (χ1) is 15.6. The molecule has 2 bridgehead atoms. The van der Waals surface area contributed by atoms with Crippen LogP contribution in [0.4, 0.5) is 4.39 Å². The number of fused-ring (bicyclic) bond motifs is 2. The van der Waals surface area contributed by atoms with Crippen LogP contribution in [0.5, 0.6) is 5.75 Å². The molecule has 3 aromatic rings. The number of piperidine rings is 1. The third-order valence-corrected chi connectivity index (χ3v) is 7.06. The van der Waals surface area contributed by atoms with Crippen molar-refractivity contribution in [3.05, 3.63) is 95.6 Å². The van der Waals surface area contributed by atoms with Crippen molar-refractivity contribution in [2.24, 2.45) is 11.8 Å². The zero-order chi connectivity index (χ0) is 22.0. The van der Waals surface area contributed by atoms with Gasteiger partial charge in [-0.05, 0) is 54.3 Å². The van der Waals surface area contributed by atoms with E-state index in [-0.39, 0.29) is 17.7 Å². The summed E-state index contributed by atoms with van der Waals surface area (Å²) in [6.07, 6.45) is 6.88. The summed E-state index contributed by atoms with van der Waals surface area (Å²) in [5, 5.41) is 11.7. The van der Waals surface area contributed by atoms with Crippen LogP contribution in [0.15, 0.2) is 73.1 Å². The van der Waals surface area contributed by atoms with Gasteiger partial charge in [0.25, 0.3) is 0 Å². The first-order valence-electron chi connectivity index (χ1n) is 11.4. The number of pyridine rings is 1. The van der Waals surface area contributed by atoms with Crippen molar-refractivity contribution >= 4 is 0 Å². The van der Waals surface area contributed by atoms with E-state index in [1.165, 1.54) is 24.1 Å². The van der Waals surface area contributed by atoms with Gasteiger partial charge in [0.05, 0.1) is 5.60 Å². The highest BCUT2D eigenvalue weighted by atomic mass is 19.1. The second-order valence-electron chi connectivity index (χ2n) is 9.15. The lowest BCUT2D eigenvalue weighted by molar-refractivity contribution is -0.148. The summed E-state index contributed by atoms with van der Waals surface area (Å²) in [6, 6.07) is 18.6. The fourth-order valence-electron chi connectivity index (χ4n) is 5.49. The van der Waals surface area contributed by atoms with E-state index in [9.17, 15) is 9.50 Å². The Morgan fingerprint density at radius 2 is 1.78 bits per heavy atom. The van der Waals surface area contributed by atoms with Crippen molar-refractivity contribution in [3.63, 3.8) is 0 Å². The first-order valence-corrected chi connectivity index (χ1v) is 11.4. The van der Waals surface area contributed by atoms with E-state index in [2.05, 4.69) is 22.0 Å². The maximum atomic E-state index is 13.3. The Hall–Kier alpha value is -2.76. The first kappa shape index (κ1) is 21.1. The van der Waals surface area contributed by atoms with Gasteiger partial charge in [0.1, 0.15) is 18.2 Å². The van der Waals surface area contributed by atoms with Gasteiger partial charge in [-0.2, -0.15) is 0 Å². The Morgan fingerprint density at radius 3 is 2.47 bits per heavy atom. The second-order valence-corrected chi connectivity index (χ2v) is 9.15. The van der Waals surface area contributed by atoms with Crippen LogP contribution < -0.4 is 4.74 Å². The molecule has 1 aliphatic carbocycles. The normalized spacial score (nSPS) is 25.4. The van der Waals surface area contributed by atoms with E-state index in [0.717, 1.165) is 49.4 Å². The van der Waals surface area contributed by atoms with Gasteiger partial charge in [0.15, 0.2) is 0 Å². The van der Waals surface area contributed by atoms with Gasteiger partial charge < -0.3 is 9.84 Å². The highest BCUT2D eigenvalue weighted by Crippen LogP contribution is 2.49. The van der Waals surface area contributed by atoms with Crippen LogP contribution >= 0.6 is 0 Å². The van der Waals surface area contributed by atoms with Crippen LogP contribution in [0.25, 0.3) is 0 Å². The Kier molecular flexibility index (Phi) is 5.94. The molecule has 5 rings (SSSR count). The van der Waals surface area contributed by atoms with Gasteiger partial charge in [-0.3, -0.25) is 9.88 Å². The number of likely N-dealkylation sites (tertiary alicyclic amines) is 1. The number of aromatic nitrogens is 1. The van der Waals surface area contributed by atoms with E-state index >= 15 is 0 Å². The molecule has 1 N–H and O–H groups in total. The predicted molar refractivity (Wildman–Crippen MR) is 121 cm³/mol. The molecule has 2 aliphatic rings. The minimum atomic E-state index is -0.766. The lowest BCUT2D eigenvalue weighted by Gasteiger charge is -2.53. The number of ether oxygens (including phenoxy) is 1. The molecule has 32 heavy (non-hydrogen) atoms. The summed E-state index contributed by atoms with van der Waals surface area (Å²) >= 11 is 0. The van der Waals surface area contributed by atoms with Crippen molar-refractivity contribution in [1.82, 2.24) is 9.88 Å². The molecule has 0 radical (unpaired) electrons. The lowest BCUT2D eigenvalue weighted by Crippen LogP contribution is -2.57. The molecule has 1 saturated heterocycles. The van der Waals surface area contributed by atoms with Crippen molar-refractivity contribution in [2.45, 2.75) is 38.0 Å². The van der Waals surface area contributed by atoms with E-state index in [4.69, 9.17) is 4.74 Å². The van der Waals surface area contributed by atoms with Gasteiger partial charge in [0, 0.05) is 49.4 Å². The van der Waals surface area contributed by atoms with Gasteiger partial charge in [0.2, 0.25) is 0 Å². The Balaban J connectivity index is 1.22. The van der Waals surface area contributed by atoms with Gasteiger partial charge >= 0.3 is 0 Å². The highest BCUT2D eigenvalue weighted by molar-refractivity contribution is 5.29. The molecule has 1 saturated carbocycles. The Labute approximate surface area is 188 Å². The van der Waals surface area contributed by atoms with Crippen LogP contribution in [-0.4, -0.2) is 28.1 Å². The smallest absolute Gasteiger partial charge is 0.123 e. The SMILES string of the molecule is OC1(c2cccnc2)[C@@H]2CCC[C@@H]1CN(Cc1ccc(OCc3cccc(F)c3)cc1)C2. The number of nitrogens with zero attached hydrogens (tertiary/aromatic N) is 2. The molecule has 0 unspecified atom stereocenters. The summed E-state index contributed by atoms with van der Waals surface area (Å²) in [6.45, 7) is 2.99. The van der Waals surface area contributed by atoms with Crippen LogP contribution in [0.2, 0.25) is 0 Å². The molecule has 2 aromatic carbocycles. The highest BCUT2D eigenvalue weighted by Gasteiger charge is 2.51. The van der Waals surface area contributed by atoms with Gasteiger partial charge in [-0.15, -0.1) is 0 Å². The molecule has 1 aromatic heterocycles. The van der Waals surface area contributed by atoms with Crippen molar-refractivity contribution in [1.29, 1.82) is 0 Å². The summed E-state index contributed by atoms with van der Waals surface area (Å²) in [4.78, 5) is 6.74. The molecule has 2 heterocycles. The number of halogens is 1. The zero-order valence-corrected chi connectivity index (χ0v) is 18.2. The summed E-state index contributed by atoms with van der Waals surface area (Å²) in [5.41, 5.74) is 2.25. The molecule has 2 fully saturated rings. The van der Waals surface area contributed by atoms with Crippen LogP contribution in [0.3, 0.4) is 0 Å². The van der Waals surface area contributed by atoms with E-state index in [1.54, 1.807) is 12.3 Å². The molecule has 4 nitrogen and oxygen atoms in total. The van der Waals surface area contributed by atoms with E-state index in [1.807, 2.05) is 36.5 Å². The average Bonchev–Trinajstić information content (AvgIpc) is 2.80. The number of hydrogen-bond donors (Lipinski definition) is 1. The Morgan fingerprint density at radius 1 is 1.00 bits per heavy atom. The largest absolute Gasteiger partial charge is 0.489 e. The topological polar surface area (TPSA) is 45.6 Å². The fourth-order valence-corrected chi connectivity index (χ4v) is 5.49. The van der Waals surface area contributed by atoms with Crippen molar-refractivity contribution < 1.29 is 14.2 Å². The predicted octanol–water partition coefficient (Wildman–Crippen LogP) is 4.92. The van der Waals surface area contributed by atoms with Crippen molar-refractivity contribution in [2.75, 3.05) is 13.1 Å². The standard InChI is InChI=1S/C27H29FN2O2/c28-25-8-1-4-21(14-25)19-32-26-11-9-20(10-12-26)16-30-17-23-5-2-6-24(18-30)27(23,31)22-7-3-13-29-15-22/h1,3-4,7-15,23-24,31H,2,5-6,16-19H2/t23-,24-/m1/s1. The zero-order valence-electron chi connectivity index (χ0n) is 18.2. The van der Waals surface area contributed by atoms with Crippen molar-refractivity contribution in [3.8, 4) is 5.75 Å². The average molecular weight is 433 g/mol. The van der Waals surface area contributed by atoms with Gasteiger partial charge in [-0.1, -0.05) is 36.8 Å². The second kappa shape index (κ2) is 9.00. The summed E-state index contributed by atoms with van der Waals surface area (Å²) in [5.74, 6) is 0.990. The number of rotatable bonds is 6. The van der Waals surface area contributed by atoms with Crippen LogP contribution in [0.1, 0.15) is 36.0 Å². The minimum Gasteiger partial charge on any atom is -0.489 e. The third kappa shape index (κ3) is 4.27. The lowest BCUT2D eigenvalue weighted by atomic mass is 9.63. The molecule has 0 spiro atoms. The Bertz CT molecular complexity index is 1030. The molecular formula is C27H29FN2O2. The number of aliphatic hydroxyl groups is 1. The number of benzene rings is 2. The molecule has 2 atom stereocenters. The fraction of sp³-hybridized carbons (Fsp3) is 0.370. The van der Waals surface area contributed by atoms with E-state index in [0.29, 0.717) is 6.61 Å². The van der Waals surface area contributed by atoms with Gasteiger partial charge in [-0.25, -0.2) is 4.39 Å². The van der Waals surface area contributed by atoms with Crippen LogP contribution in [-0.2, 0) is 18.8 Å². The maximum absolute atomic E-state index is 13.3. The molecule has 166 valence electrons.